The van der Waals surface area contributed by atoms with Gasteiger partial charge in [-0.3, -0.25) is 4.79 Å². The summed E-state index contributed by atoms with van der Waals surface area (Å²) in [6.07, 6.45) is 0. The Labute approximate surface area is 147 Å². The first-order valence-electron chi connectivity index (χ1n) is 7.73. The zero-order valence-corrected chi connectivity index (χ0v) is 15.3. The Morgan fingerprint density at radius 3 is 2.22 bits per heavy atom. The second-order valence-electron chi connectivity index (χ2n) is 5.49. The maximum absolute atomic E-state index is 11.8. The van der Waals surface area contributed by atoms with Crippen molar-refractivity contribution in [3.05, 3.63) is 65.2 Å². The van der Waals surface area contributed by atoms with Crippen LogP contribution < -0.4 is 5.32 Å². The Bertz CT molecular complexity index is 608. The molecule has 1 N–H and O–H groups in total. The van der Waals surface area contributed by atoms with Crippen LogP contribution in [0.4, 0.5) is 0 Å². The van der Waals surface area contributed by atoms with Gasteiger partial charge >= 0.3 is 0 Å². The molecule has 0 saturated carbocycles. The lowest BCUT2D eigenvalue weighted by atomic mass is 10.2. The van der Waals surface area contributed by atoms with Crippen molar-refractivity contribution in [2.24, 2.45) is 0 Å². The Morgan fingerprint density at radius 1 is 0.957 bits per heavy atom. The number of thioether (sulfide) groups is 2. The minimum absolute atomic E-state index is 0.117. The van der Waals surface area contributed by atoms with Crippen molar-refractivity contribution < 1.29 is 4.79 Å². The number of carbonyl (C=O) groups excluding carboxylic acids is 1. The fourth-order valence-corrected chi connectivity index (χ4v) is 3.58. The van der Waals surface area contributed by atoms with Crippen molar-refractivity contribution in [1.29, 1.82) is 0 Å². The zero-order chi connectivity index (χ0) is 16.5. The summed E-state index contributed by atoms with van der Waals surface area (Å²) >= 11 is 3.43. The topological polar surface area (TPSA) is 29.1 Å². The Hall–Kier alpha value is -1.39. The summed E-state index contributed by atoms with van der Waals surface area (Å²) < 4.78 is 0. The van der Waals surface area contributed by atoms with Crippen molar-refractivity contribution in [1.82, 2.24) is 5.32 Å². The lowest BCUT2D eigenvalue weighted by Gasteiger charge is -2.06. The summed E-state index contributed by atoms with van der Waals surface area (Å²) in [6.45, 7) is 4.88. The van der Waals surface area contributed by atoms with Crippen molar-refractivity contribution in [3.63, 3.8) is 0 Å². The van der Waals surface area contributed by atoms with E-state index in [1.54, 1.807) is 23.5 Å². The molecule has 2 aromatic carbocycles. The predicted molar refractivity (Wildman–Crippen MR) is 102 cm³/mol. The van der Waals surface area contributed by atoms with E-state index in [0.717, 1.165) is 11.5 Å². The highest BCUT2D eigenvalue weighted by Crippen LogP contribution is 2.17. The third-order valence-electron chi connectivity index (χ3n) is 3.34. The third kappa shape index (κ3) is 7.14. The van der Waals surface area contributed by atoms with E-state index in [2.05, 4.69) is 67.7 Å². The molecule has 0 saturated heterocycles. The van der Waals surface area contributed by atoms with Gasteiger partial charge in [0.2, 0.25) is 5.91 Å². The highest BCUT2D eigenvalue weighted by Gasteiger charge is 2.02. The maximum atomic E-state index is 11.8. The van der Waals surface area contributed by atoms with E-state index < -0.39 is 0 Å². The summed E-state index contributed by atoms with van der Waals surface area (Å²) in [5.74, 6) is 2.42. The van der Waals surface area contributed by atoms with E-state index in [1.165, 1.54) is 21.6 Å². The molecule has 2 rings (SSSR count). The van der Waals surface area contributed by atoms with Crippen molar-refractivity contribution in [2.75, 3.05) is 18.1 Å². The molecule has 0 radical (unpaired) electrons. The zero-order valence-electron chi connectivity index (χ0n) is 13.7. The van der Waals surface area contributed by atoms with E-state index in [1.807, 2.05) is 0 Å². The lowest BCUT2D eigenvalue weighted by molar-refractivity contribution is -0.118. The SMILES string of the molecule is Cc1ccc(CSCC(=O)NCCSc2ccc(C)cc2)cc1. The molecule has 0 aliphatic heterocycles. The van der Waals surface area contributed by atoms with Gasteiger partial charge in [0.1, 0.15) is 0 Å². The Morgan fingerprint density at radius 2 is 1.57 bits per heavy atom. The van der Waals surface area contributed by atoms with Gasteiger partial charge in [0.15, 0.2) is 0 Å². The molecular formula is C19H23NOS2. The highest BCUT2D eigenvalue weighted by molar-refractivity contribution is 7.99. The molecular weight excluding hydrogens is 322 g/mol. The van der Waals surface area contributed by atoms with Gasteiger partial charge in [-0.2, -0.15) is 0 Å². The number of hydrogen-bond acceptors (Lipinski definition) is 3. The molecule has 122 valence electrons. The second kappa shape index (κ2) is 9.68. The first-order valence-corrected chi connectivity index (χ1v) is 9.87. The van der Waals surface area contributed by atoms with Crippen LogP contribution >= 0.6 is 23.5 Å². The molecule has 4 heteroatoms. The number of carbonyl (C=O) groups is 1. The molecule has 1 amide bonds. The van der Waals surface area contributed by atoms with Crippen LogP contribution in [0.1, 0.15) is 16.7 Å². The molecule has 0 heterocycles. The average molecular weight is 346 g/mol. The standard InChI is InChI=1S/C19H23NOS2/c1-15-3-7-17(8-4-15)13-22-14-19(21)20-11-12-23-18-9-5-16(2)6-10-18/h3-10H,11-14H2,1-2H3,(H,20,21). The van der Waals surface area contributed by atoms with Crippen LogP contribution in [0.3, 0.4) is 0 Å². The van der Waals surface area contributed by atoms with E-state index >= 15 is 0 Å². The highest BCUT2D eigenvalue weighted by atomic mass is 32.2. The summed E-state index contributed by atoms with van der Waals surface area (Å²) in [4.78, 5) is 13.1. The van der Waals surface area contributed by atoms with Crippen molar-refractivity contribution in [2.45, 2.75) is 24.5 Å². The molecule has 0 spiro atoms. The molecule has 0 unspecified atom stereocenters. The summed E-state index contributed by atoms with van der Waals surface area (Å²) in [5.41, 5.74) is 3.80. The maximum Gasteiger partial charge on any atom is 0.230 e. The predicted octanol–water partition coefficient (Wildman–Crippen LogP) is 4.45. The molecule has 0 bridgehead atoms. The van der Waals surface area contributed by atoms with Crippen LogP contribution in [0, 0.1) is 13.8 Å². The fraction of sp³-hybridized carbons (Fsp3) is 0.316. The van der Waals surface area contributed by atoms with Gasteiger partial charge in [-0.15, -0.1) is 23.5 Å². The number of rotatable bonds is 8. The molecule has 0 aromatic heterocycles. The van der Waals surface area contributed by atoms with Crippen LogP contribution in [-0.2, 0) is 10.5 Å². The van der Waals surface area contributed by atoms with Crippen molar-refractivity contribution >= 4 is 29.4 Å². The third-order valence-corrected chi connectivity index (χ3v) is 5.35. The largest absolute Gasteiger partial charge is 0.355 e. The fourth-order valence-electron chi connectivity index (χ4n) is 1.99. The van der Waals surface area contributed by atoms with Gasteiger partial charge in [-0.05, 0) is 31.5 Å². The van der Waals surface area contributed by atoms with Crippen LogP contribution in [0.25, 0.3) is 0 Å². The second-order valence-corrected chi connectivity index (χ2v) is 7.64. The van der Waals surface area contributed by atoms with E-state index in [-0.39, 0.29) is 5.91 Å². The van der Waals surface area contributed by atoms with Gasteiger partial charge in [-0.1, -0.05) is 47.5 Å². The number of hydrogen-bond donors (Lipinski definition) is 1. The van der Waals surface area contributed by atoms with E-state index in [9.17, 15) is 4.79 Å². The molecule has 0 aliphatic rings. The summed E-state index contributed by atoms with van der Waals surface area (Å²) in [5, 5.41) is 2.98. The average Bonchev–Trinajstić information content (AvgIpc) is 2.55. The molecule has 23 heavy (non-hydrogen) atoms. The van der Waals surface area contributed by atoms with Gasteiger partial charge < -0.3 is 5.32 Å². The molecule has 0 atom stereocenters. The Balaban J connectivity index is 1.56. The van der Waals surface area contributed by atoms with Crippen LogP contribution in [-0.4, -0.2) is 24.0 Å². The number of nitrogens with one attached hydrogen (secondary N) is 1. The quantitative estimate of drug-likeness (QED) is 0.566. The van der Waals surface area contributed by atoms with Crippen LogP contribution in [0.5, 0.6) is 0 Å². The first kappa shape index (κ1) is 18.0. The van der Waals surface area contributed by atoms with Gasteiger partial charge in [0.25, 0.3) is 0 Å². The van der Waals surface area contributed by atoms with Crippen LogP contribution in [0.2, 0.25) is 0 Å². The lowest BCUT2D eigenvalue weighted by Crippen LogP contribution is -2.27. The molecule has 0 fully saturated rings. The minimum atomic E-state index is 0.117. The smallest absolute Gasteiger partial charge is 0.230 e. The molecule has 0 aliphatic carbocycles. The summed E-state index contributed by atoms with van der Waals surface area (Å²) in [6, 6.07) is 16.9. The Kier molecular flexibility index (Phi) is 7.56. The monoisotopic (exact) mass is 345 g/mol. The normalized spacial score (nSPS) is 10.5. The molecule has 2 nitrogen and oxygen atoms in total. The van der Waals surface area contributed by atoms with Crippen LogP contribution in [0.15, 0.2) is 53.4 Å². The summed E-state index contributed by atoms with van der Waals surface area (Å²) in [7, 11) is 0. The van der Waals surface area contributed by atoms with Gasteiger partial charge in [-0.25, -0.2) is 0 Å². The van der Waals surface area contributed by atoms with Crippen molar-refractivity contribution in [3.8, 4) is 0 Å². The number of benzene rings is 2. The molecule has 2 aromatic rings. The van der Waals surface area contributed by atoms with E-state index in [0.29, 0.717) is 12.3 Å². The van der Waals surface area contributed by atoms with Gasteiger partial charge in [0, 0.05) is 22.9 Å². The first-order chi connectivity index (χ1) is 11.1. The number of aryl methyl sites for hydroxylation is 2. The van der Waals surface area contributed by atoms with Gasteiger partial charge in [0.05, 0.1) is 5.75 Å². The van der Waals surface area contributed by atoms with E-state index in [4.69, 9.17) is 0 Å². The number of amides is 1. The minimum Gasteiger partial charge on any atom is -0.355 e.